The average molecular weight is 457 g/mol. The number of phenols is 1. The van der Waals surface area contributed by atoms with Crippen LogP contribution in [-0.2, 0) is 16.1 Å². The van der Waals surface area contributed by atoms with E-state index in [1.165, 1.54) is 11.0 Å². The molecule has 0 saturated heterocycles. The molecule has 24 heavy (non-hydrogen) atoms. The lowest BCUT2D eigenvalue weighted by atomic mass is 10.2. The number of hydrogen-bond donors (Lipinski definition) is 1. The van der Waals surface area contributed by atoms with E-state index in [9.17, 15) is 14.7 Å². The smallest absolute Gasteiger partial charge is 0.342 e. The number of benzene rings is 2. The van der Waals surface area contributed by atoms with Gasteiger partial charge < -0.3 is 14.7 Å². The normalized spacial score (nSPS) is 10.3. The van der Waals surface area contributed by atoms with Crippen LogP contribution in [0.5, 0.6) is 5.75 Å². The maximum absolute atomic E-state index is 12.1. The van der Waals surface area contributed by atoms with Gasteiger partial charge in [-0.2, -0.15) is 0 Å². The average Bonchev–Trinajstić information content (AvgIpc) is 2.56. The Morgan fingerprint density at radius 1 is 1.17 bits per heavy atom. The van der Waals surface area contributed by atoms with Crippen LogP contribution in [0.25, 0.3) is 0 Å². The zero-order valence-electron chi connectivity index (χ0n) is 12.8. The maximum atomic E-state index is 12.1. The quantitative estimate of drug-likeness (QED) is 0.696. The van der Waals surface area contributed by atoms with Crippen molar-refractivity contribution >= 4 is 43.7 Å². The zero-order valence-corrected chi connectivity index (χ0v) is 16.0. The van der Waals surface area contributed by atoms with Gasteiger partial charge in [0.05, 0.1) is 4.47 Å². The molecule has 0 aliphatic heterocycles. The number of esters is 1. The van der Waals surface area contributed by atoms with E-state index >= 15 is 0 Å². The molecule has 7 heteroatoms. The standard InChI is InChI=1S/C17H15Br2NO4/c1-20(9-11-5-3-2-4-6-11)15(21)10-24-17(23)13-7-12(18)8-14(19)16(13)22/h2-8,22H,9-10H2,1H3. The van der Waals surface area contributed by atoms with Crippen molar-refractivity contribution < 1.29 is 19.4 Å². The second-order valence-corrected chi connectivity index (χ2v) is 6.87. The maximum Gasteiger partial charge on any atom is 0.342 e. The molecule has 126 valence electrons. The summed E-state index contributed by atoms with van der Waals surface area (Å²) < 4.78 is 5.97. The topological polar surface area (TPSA) is 66.8 Å². The fraction of sp³-hybridized carbons (Fsp3) is 0.176. The molecule has 2 aromatic rings. The van der Waals surface area contributed by atoms with Crippen LogP contribution in [0.15, 0.2) is 51.4 Å². The Labute approximate surface area is 156 Å². The first-order valence-corrected chi connectivity index (χ1v) is 8.60. The molecule has 1 amide bonds. The van der Waals surface area contributed by atoms with Gasteiger partial charge in [-0.05, 0) is 33.6 Å². The van der Waals surface area contributed by atoms with Crippen LogP contribution in [-0.4, -0.2) is 35.5 Å². The number of phenolic OH excluding ortho intramolecular Hbond substituents is 1. The number of nitrogens with zero attached hydrogens (tertiary/aromatic N) is 1. The van der Waals surface area contributed by atoms with E-state index in [2.05, 4.69) is 31.9 Å². The van der Waals surface area contributed by atoms with E-state index in [0.29, 0.717) is 15.5 Å². The van der Waals surface area contributed by atoms with Crippen LogP contribution in [0, 0.1) is 0 Å². The summed E-state index contributed by atoms with van der Waals surface area (Å²) in [4.78, 5) is 25.6. The number of ether oxygens (including phenoxy) is 1. The molecule has 5 nitrogen and oxygen atoms in total. The molecule has 0 aliphatic rings. The molecule has 0 fully saturated rings. The minimum Gasteiger partial charge on any atom is -0.506 e. The van der Waals surface area contributed by atoms with E-state index in [0.717, 1.165) is 5.56 Å². The van der Waals surface area contributed by atoms with E-state index in [1.54, 1.807) is 13.1 Å². The fourth-order valence-corrected chi connectivity index (χ4v) is 3.21. The van der Waals surface area contributed by atoms with Gasteiger partial charge in [-0.3, -0.25) is 4.79 Å². The lowest BCUT2D eigenvalue weighted by Gasteiger charge is -2.17. The summed E-state index contributed by atoms with van der Waals surface area (Å²) in [5, 5.41) is 9.90. The van der Waals surface area contributed by atoms with Gasteiger partial charge in [-0.25, -0.2) is 4.79 Å². The number of aromatic hydroxyl groups is 1. The molecule has 0 unspecified atom stereocenters. The largest absolute Gasteiger partial charge is 0.506 e. The predicted molar refractivity (Wildman–Crippen MR) is 96.7 cm³/mol. The number of likely N-dealkylation sites (N-methyl/N-ethyl adjacent to an activating group) is 1. The third kappa shape index (κ3) is 4.82. The van der Waals surface area contributed by atoms with Crippen molar-refractivity contribution in [3.63, 3.8) is 0 Å². The summed E-state index contributed by atoms with van der Waals surface area (Å²) >= 11 is 6.37. The summed E-state index contributed by atoms with van der Waals surface area (Å²) in [5.74, 6) is -1.33. The van der Waals surface area contributed by atoms with E-state index in [1.807, 2.05) is 30.3 Å². The van der Waals surface area contributed by atoms with Crippen molar-refractivity contribution in [2.75, 3.05) is 13.7 Å². The predicted octanol–water partition coefficient (Wildman–Crippen LogP) is 3.73. The summed E-state index contributed by atoms with van der Waals surface area (Å²) in [5.41, 5.74) is 0.961. The Balaban J connectivity index is 1.95. The number of amides is 1. The first-order valence-electron chi connectivity index (χ1n) is 7.01. The number of carbonyl (C=O) groups excluding carboxylic acids is 2. The molecular weight excluding hydrogens is 442 g/mol. The third-order valence-corrected chi connectivity index (χ3v) is 4.33. The third-order valence-electron chi connectivity index (χ3n) is 3.26. The summed E-state index contributed by atoms with van der Waals surface area (Å²) in [6.07, 6.45) is 0. The minimum absolute atomic E-state index is 0.0187. The number of halogens is 2. The van der Waals surface area contributed by atoms with Crippen molar-refractivity contribution in [2.45, 2.75) is 6.54 Å². The van der Waals surface area contributed by atoms with Crippen LogP contribution < -0.4 is 0 Å². The van der Waals surface area contributed by atoms with Crippen molar-refractivity contribution in [3.05, 3.63) is 62.5 Å². The van der Waals surface area contributed by atoms with Crippen molar-refractivity contribution in [1.29, 1.82) is 0 Å². The van der Waals surface area contributed by atoms with Crippen LogP contribution >= 0.6 is 31.9 Å². The highest BCUT2D eigenvalue weighted by Crippen LogP contribution is 2.32. The first-order chi connectivity index (χ1) is 11.4. The van der Waals surface area contributed by atoms with Gasteiger partial charge in [0.25, 0.3) is 5.91 Å². The Morgan fingerprint density at radius 3 is 2.50 bits per heavy atom. The van der Waals surface area contributed by atoms with E-state index < -0.39 is 12.6 Å². The molecule has 1 N–H and O–H groups in total. The molecular formula is C17H15Br2NO4. The van der Waals surface area contributed by atoms with Crippen LogP contribution in [0.2, 0.25) is 0 Å². The molecule has 0 saturated carbocycles. The lowest BCUT2D eigenvalue weighted by molar-refractivity contribution is -0.133. The lowest BCUT2D eigenvalue weighted by Crippen LogP contribution is -2.30. The van der Waals surface area contributed by atoms with Gasteiger partial charge in [0, 0.05) is 18.1 Å². The monoisotopic (exact) mass is 455 g/mol. The highest BCUT2D eigenvalue weighted by molar-refractivity contribution is 9.11. The molecule has 0 heterocycles. The number of hydrogen-bond acceptors (Lipinski definition) is 4. The van der Waals surface area contributed by atoms with Gasteiger partial charge in [0.1, 0.15) is 11.3 Å². The minimum atomic E-state index is -0.768. The second kappa shape index (κ2) is 8.30. The molecule has 0 atom stereocenters. The Morgan fingerprint density at radius 2 is 1.83 bits per heavy atom. The molecule has 0 aliphatic carbocycles. The zero-order chi connectivity index (χ0) is 17.7. The molecule has 2 rings (SSSR count). The Hall–Kier alpha value is -1.86. The summed E-state index contributed by atoms with van der Waals surface area (Å²) in [7, 11) is 1.64. The second-order valence-electron chi connectivity index (χ2n) is 5.10. The van der Waals surface area contributed by atoms with Crippen molar-refractivity contribution in [1.82, 2.24) is 4.90 Å². The molecule has 0 aromatic heterocycles. The first kappa shape index (κ1) is 18.5. The molecule has 2 aromatic carbocycles. The van der Waals surface area contributed by atoms with Crippen molar-refractivity contribution in [2.24, 2.45) is 0 Å². The highest BCUT2D eigenvalue weighted by Gasteiger charge is 2.18. The van der Waals surface area contributed by atoms with Crippen LogP contribution in [0.4, 0.5) is 0 Å². The van der Waals surface area contributed by atoms with E-state index in [-0.39, 0.29) is 17.2 Å². The summed E-state index contributed by atoms with van der Waals surface area (Å²) in [6, 6.07) is 12.5. The Bertz CT molecular complexity index is 750. The SMILES string of the molecule is CN(Cc1ccccc1)C(=O)COC(=O)c1cc(Br)cc(Br)c1O. The molecule has 0 spiro atoms. The van der Waals surface area contributed by atoms with E-state index in [4.69, 9.17) is 4.74 Å². The van der Waals surface area contributed by atoms with Crippen LogP contribution in [0.1, 0.15) is 15.9 Å². The Kier molecular flexibility index (Phi) is 6.39. The number of carbonyl (C=O) groups is 2. The van der Waals surface area contributed by atoms with Gasteiger partial charge in [-0.15, -0.1) is 0 Å². The van der Waals surface area contributed by atoms with Crippen LogP contribution in [0.3, 0.4) is 0 Å². The molecule has 0 radical (unpaired) electrons. The molecule has 0 bridgehead atoms. The fourth-order valence-electron chi connectivity index (χ4n) is 1.98. The van der Waals surface area contributed by atoms with Gasteiger partial charge >= 0.3 is 5.97 Å². The van der Waals surface area contributed by atoms with Gasteiger partial charge in [0.2, 0.25) is 0 Å². The highest BCUT2D eigenvalue weighted by atomic mass is 79.9. The number of rotatable bonds is 5. The van der Waals surface area contributed by atoms with Gasteiger partial charge in [0.15, 0.2) is 6.61 Å². The van der Waals surface area contributed by atoms with Gasteiger partial charge in [-0.1, -0.05) is 46.3 Å². The summed E-state index contributed by atoms with van der Waals surface area (Å²) in [6.45, 7) is 0.0245. The van der Waals surface area contributed by atoms with Crippen molar-refractivity contribution in [3.8, 4) is 5.75 Å².